The maximum atomic E-state index is 12.5. The van der Waals surface area contributed by atoms with Crippen molar-refractivity contribution in [1.29, 1.82) is 0 Å². The van der Waals surface area contributed by atoms with Crippen LogP contribution < -0.4 is 0 Å². The van der Waals surface area contributed by atoms with Crippen molar-refractivity contribution in [2.75, 3.05) is 0 Å². The van der Waals surface area contributed by atoms with Crippen LogP contribution in [0.2, 0.25) is 0 Å². The molecule has 0 bridgehead atoms. The molecule has 0 spiro atoms. The van der Waals surface area contributed by atoms with Crippen molar-refractivity contribution >= 4 is 17.4 Å². The summed E-state index contributed by atoms with van der Waals surface area (Å²) in [4.78, 5) is 13.9. The first-order valence-corrected chi connectivity index (χ1v) is 8.05. The molecule has 0 N–H and O–H groups in total. The lowest BCUT2D eigenvalue weighted by Gasteiger charge is -2.05. The van der Waals surface area contributed by atoms with Gasteiger partial charge in [-0.3, -0.25) is 10.1 Å². The van der Waals surface area contributed by atoms with E-state index in [1.54, 1.807) is 0 Å². The molecule has 0 amide bonds. The third kappa shape index (κ3) is 4.17. The molecule has 0 aliphatic rings. The Morgan fingerprint density at radius 1 is 1.12 bits per heavy atom. The number of nitrogens with zero attached hydrogens (tertiary/aromatic N) is 4. The summed E-state index contributed by atoms with van der Waals surface area (Å²) in [5.74, 6) is 0.666. The van der Waals surface area contributed by atoms with Crippen molar-refractivity contribution in [2.24, 2.45) is 0 Å². The Hall–Kier alpha value is -2.95. The molecule has 11 heteroatoms. The summed E-state index contributed by atoms with van der Waals surface area (Å²) < 4.78 is 42.9. The molecule has 3 aromatic rings. The Morgan fingerprint density at radius 2 is 1.85 bits per heavy atom. The van der Waals surface area contributed by atoms with Crippen molar-refractivity contribution in [1.82, 2.24) is 15.2 Å². The molecular weight excluding hydrogens is 373 g/mol. The van der Waals surface area contributed by atoms with E-state index in [-0.39, 0.29) is 23.2 Å². The fourth-order valence-electron chi connectivity index (χ4n) is 1.92. The van der Waals surface area contributed by atoms with Gasteiger partial charge in [-0.15, -0.1) is 10.2 Å². The number of nitro benzene ring substituents is 1. The van der Waals surface area contributed by atoms with Gasteiger partial charge in [-0.1, -0.05) is 11.8 Å². The van der Waals surface area contributed by atoms with Crippen LogP contribution in [0.5, 0.6) is 0 Å². The molecule has 1 aromatic carbocycles. The number of hydrogen-bond acceptors (Lipinski definition) is 7. The Kier molecular flexibility index (Phi) is 4.89. The van der Waals surface area contributed by atoms with E-state index in [1.807, 2.05) is 0 Å². The molecule has 0 unspecified atom stereocenters. The van der Waals surface area contributed by atoms with Gasteiger partial charge in [0.05, 0.1) is 21.3 Å². The van der Waals surface area contributed by atoms with Crippen molar-refractivity contribution in [3.8, 4) is 11.5 Å². The third-order valence-electron chi connectivity index (χ3n) is 3.20. The van der Waals surface area contributed by atoms with Gasteiger partial charge in [0.1, 0.15) is 0 Å². The monoisotopic (exact) mass is 382 g/mol. The van der Waals surface area contributed by atoms with Crippen LogP contribution in [0.1, 0.15) is 11.5 Å². The predicted molar refractivity (Wildman–Crippen MR) is 85.2 cm³/mol. The molecule has 0 saturated carbocycles. The van der Waals surface area contributed by atoms with Gasteiger partial charge in [0, 0.05) is 23.9 Å². The fraction of sp³-hybridized carbons (Fsp3) is 0.133. The molecule has 2 aromatic heterocycles. The van der Waals surface area contributed by atoms with E-state index < -0.39 is 16.7 Å². The van der Waals surface area contributed by atoms with Gasteiger partial charge >= 0.3 is 6.18 Å². The quantitative estimate of drug-likeness (QED) is 0.368. The van der Waals surface area contributed by atoms with Gasteiger partial charge < -0.3 is 4.42 Å². The van der Waals surface area contributed by atoms with Crippen LogP contribution in [0.15, 0.2) is 52.0 Å². The first-order chi connectivity index (χ1) is 12.3. The lowest BCUT2D eigenvalue weighted by atomic mass is 10.2. The van der Waals surface area contributed by atoms with Gasteiger partial charge in [-0.05, 0) is 24.3 Å². The zero-order chi connectivity index (χ0) is 18.7. The lowest BCUT2D eigenvalue weighted by molar-refractivity contribution is -0.384. The summed E-state index contributed by atoms with van der Waals surface area (Å²) in [6.07, 6.45) is -3.67. The number of aromatic nitrogens is 3. The minimum Gasteiger partial charge on any atom is -0.420 e. The number of pyridine rings is 1. The van der Waals surface area contributed by atoms with Crippen LogP contribution >= 0.6 is 11.8 Å². The summed E-state index contributed by atoms with van der Waals surface area (Å²) in [7, 11) is 0. The molecule has 134 valence electrons. The number of thioether (sulfide) groups is 1. The van der Waals surface area contributed by atoms with E-state index in [1.165, 1.54) is 30.3 Å². The average molecular weight is 382 g/mol. The Bertz CT molecular complexity index is 911. The van der Waals surface area contributed by atoms with Gasteiger partial charge in [-0.2, -0.15) is 13.2 Å². The first kappa shape index (κ1) is 17.9. The zero-order valence-electron chi connectivity index (χ0n) is 12.8. The molecule has 0 fully saturated rings. The normalized spacial score (nSPS) is 11.5. The molecule has 0 saturated heterocycles. The van der Waals surface area contributed by atoms with E-state index >= 15 is 0 Å². The topological polar surface area (TPSA) is 95.0 Å². The molecule has 7 nitrogen and oxygen atoms in total. The lowest BCUT2D eigenvalue weighted by Crippen LogP contribution is -2.05. The first-order valence-electron chi connectivity index (χ1n) is 7.06. The smallest absolute Gasteiger partial charge is 0.417 e. The number of nitro groups is 1. The second kappa shape index (κ2) is 7.12. The molecule has 0 radical (unpaired) electrons. The maximum absolute atomic E-state index is 12.5. The van der Waals surface area contributed by atoms with E-state index in [9.17, 15) is 23.3 Å². The highest BCUT2D eigenvalue weighted by Gasteiger charge is 2.30. The minimum atomic E-state index is -4.43. The zero-order valence-corrected chi connectivity index (χ0v) is 13.6. The van der Waals surface area contributed by atoms with Crippen LogP contribution in [-0.2, 0) is 11.9 Å². The molecule has 0 aliphatic carbocycles. The van der Waals surface area contributed by atoms with Gasteiger partial charge in [0.15, 0.2) is 0 Å². The Balaban J connectivity index is 1.64. The second-order valence-electron chi connectivity index (χ2n) is 4.98. The molecule has 0 aliphatic heterocycles. The highest BCUT2D eigenvalue weighted by molar-refractivity contribution is 7.98. The Morgan fingerprint density at radius 3 is 2.42 bits per heavy atom. The van der Waals surface area contributed by atoms with Crippen LogP contribution in [-0.4, -0.2) is 20.1 Å². The summed E-state index contributed by atoms with van der Waals surface area (Å²) in [6, 6.07) is 7.83. The van der Waals surface area contributed by atoms with Gasteiger partial charge in [0.25, 0.3) is 5.69 Å². The maximum Gasteiger partial charge on any atom is 0.417 e. The fourth-order valence-corrected chi connectivity index (χ4v) is 2.60. The highest BCUT2D eigenvalue weighted by Crippen LogP contribution is 2.30. The molecular formula is C15H9F3N4O3S. The largest absolute Gasteiger partial charge is 0.420 e. The van der Waals surface area contributed by atoms with Crippen molar-refractivity contribution < 1.29 is 22.5 Å². The predicted octanol–water partition coefficient (Wildman–Crippen LogP) is 4.35. The van der Waals surface area contributed by atoms with E-state index in [0.717, 1.165) is 24.0 Å². The number of halogens is 3. The third-order valence-corrected chi connectivity index (χ3v) is 4.13. The average Bonchev–Trinajstić information content (AvgIpc) is 3.08. The number of hydrogen-bond donors (Lipinski definition) is 0. The number of rotatable bonds is 5. The summed E-state index contributed by atoms with van der Waals surface area (Å²) in [5, 5.41) is 18.7. The number of benzene rings is 1. The standard InChI is InChI=1S/C15H9F3N4O3S/c16-15(17,18)10-3-6-13(19-7-10)26-8-12-20-21-14(25-12)9-1-4-11(5-2-9)22(23)24/h1-7H,8H2. The van der Waals surface area contributed by atoms with E-state index in [4.69, 9.17) is 4.42 Å². The molecule has 26 heavy (non-hydrogen) atoms. The molecule has 2 heterocycles. The minimum absolute atomic E-state index is 0.0579. The van der Waals surface area contributed by atoms with E-state index in [0.29, 0.717) is 10.6 Å². The number of alkyl halides is 3. The van der Waals surface area contributed by atoms with Crippen molar-refractivity contribution in [3.05, 3.63) is 64.2 Å². The molecule has 0 atom stereocenters. The Labute approximate surface area is 148 Å². The van der Waals surface area contributed by atoms with Crippen LogP contribution in [0.4, 0.5) is 18.9 Å². The SMILES string of the molecule is O=[N+]([O-])c1ccc(-c2nnc(CSc3ccc(C(F)(F)F)cn3)o2)cc1. The van der Waals surface area contributed by atoms with Crippen molar-refractivity contribution in [3.63, 3.8) is 0 Å². The van der Waals surface area contributed by atoms with Gasteiger partial charge in [-0.25, -0.2) is 4.98 Å². The second-order valence-corrected chi connectivity index (χ2v) is 5.97. The summed E-state index contributed by atoms with van der Waals surface area (Å²) in [6.45, 7) is 0. The van der Waals surface area contributed by atoms with E-state index in [2.05, 4.69) is 15.2 Å². The van der Waals surface area contributed by atoms with Crippen LogP contribution in [0.25, 0.3) is 11.5 Å². The van der Waals surface area contributed by atoms with Gasteiger partial charge in [0.2, 0.25) is 11.8 Å². The van der Waals surface area contributed by atoms with Crippen LogP contribution in [0.3, 0.4) is 0 Å². The number of non-ortho nitro benzene ring substituents is 1. The highest BCUT2D eigenvalue weighted by atomic mass is 32.2. The van der Waals surface area contributed by atoms with Crippen molar-refractivity contribution in [2.45, 2.75) is 17.0 Å². The summed E-state index contributed by atoms with van der Waals surface area (Å²) in [5.41, 5.74) is -0.357. The summed E-state index contributed by atoms with van der Waals surface area (Å²) >= 11 is 1.14. The molecule has 3 rings (SSSR count). The van der Waals surface area contributed by atoms with Crippen LogP contribution in [0, 0.1) is 10.1 Å².